The smallest absolute Gasteiger partial charge is 0.0601 e. The number of hydrogen-bond donors (Lipinski definition) is 0. The third kappa shape index (κ3) is 7.37. The van der Waals surface area contributed by atoms with Crippen molar-refractivity contribution < 1.29 is 0 Å². The van der Waals surface area contributed by atoms with Crippen molar-refractivity contribution in [2.45, 2.75) is 39.4 Å². The molecular formula is C24H29N5. The van der Waals surface area contributed by atoms with Crippen LogP contribution in [0.3, 0.4) is 0 Å². The van der Waals surface area contributed by atoms with E-state index < -0.39 is 0 Å². The average Bonchev–Trinajstić information content (AvgIpc) is 2.77. The minimum Gasteiger partial charge on any atom is -0.370 e. The van der Waals surface area contributed by atoms with E-state index in [1.165, 1.54) is 0 Å². The molecule has 0 aliphatic carbocycles. The maximum Gasteiger partial charge on any atom is 0.0601 e. The van der Waals surface area contributed by atoms with Gasteiger partial charge in [0.05, 0.1) is 36.7 Å². The molecule has 0 bridgehead atoms. The van der Waals surface area contributed by atoms with Gasteiger partial charge in [0, 0.05) is 37.5 Å². The van der Waals surface area contributed by atoms with Gasteiger partial charge in [-0.25, -0.2) is 0 Å². The standard InChI is InChI=1S/C24H29N5/c1-2-3-16-28(19-22-10-4-7-13-25-22)17-18-29(20-23-11-5-8-14-26-23)21-24-12-6-9-15-27-24/h4-15,17-18H,2-3,16,19-21H2,1H3/b18-17+. The molecule has 0 aliphatic rings. The third-order valence-corrected chi connectivity index (χ3v) is 4.56. The van der Waals surface area contributed by atoms with Crippen molar-refractivity contribution in [1.82, 2.24) is 24.8 Å². The first-order chi connectivity index (χ1) is 14.3. The minimum atomic E-state index is 0.735. The number of rotatable bonds is 11. The SMILES string of the molecule is CCCCN(/C=C/N(Cc1ccccn1)Cc1ccccn1)Cc1ccccn1. The van der Waals surface area contributed by atoms with Gasteiger partial charge >= 0.3 is 0 Å². The quantitative estimate of drug-likeness (QED) is 0.479. The fraction of sp³-hybridized carbons (Fsp3) is 0.292. The maximum absolute atomic E-state index is 4.49. The highest BCUT2D eigenvalue weighted by molar-refractivity contribution is 5.08. The van der Waals surface area contributed by atoms with E-state index >= 15 is 0 Å². The summed E-state index contributed by atoms with van der Waals surface area (Å²) >= 11 is 0. The van der Waals surface area contributed by atoms with Crippen LogP contribution in [0.5, 0.6) is 0 Å². The van der Waals surface area contributed by atoms with Gasteiger partial charge in [0.15, 0.2) is 0 Å². The van der Waals surface area contributed by atoms with Crippen LogP contribution in [-0.4, -0.2) is 31.3 Å². The Morgan fingerprint density at radius 2 is 1.10 bits per heavy atom. The molecule has 0 atom stereocenters. The highest BCUT2D eigenvalue weighted by Gasteiger charge is 2.07. The molecule has 0 saturated heterocycles. The molecule has 0 amide bonds. The summed E-state index contributed by atoms with van der Waals surface area (Å²) in [4.78, 5) is 18.0. The molecule has 0 radical (unpaired) electrons. The molecule has 5 heteroatoms. The van der Waals surface area contributed by atoms with E-state index in [1.54, 1.807) is 0 Å². The lowest BCUT2D eigenvalue weighted by Crippen LogP contribution is -2.22. The Hall–Kier alpha value is -3.21. The van der Waals surface area contributed by atoms with Crippen molar-refractivity contribution in [3.63, 3.8) is 0 Å². The monoisotopic (exact) mass is 387 g/mol. The van der Waals surface area contributed by atoms with Crippen molar-refractivity contribution in [2.75, 3.05) is 6.54 Å². The van der Waals surface area contributed by atoms with E-state index in [1.807, 2.05) is 55.0 Å². The van der Waals surface area contributed by atoms with Crippen molar-refractivity contribution in [1.29, 1.82) is 0 Å². The molecule has 3 aromatic rings. The van der Waals surface area contributed by atoms with E-state index in [-0.39, 0.29) is 0 Å². The molecule has 0 fully saturated rings. The molecule has 0 spiro atoms. The fourth-order valence-electron chi connectivity index (χ4n) is 3.02. The molecular weight excluding hydrogens is 358 g/mol. The Morgan fingerprint density at radius 1 is 0.655 bits per heavy atom. The van der Waals surface area contributed by atoms with Crippen molar-refractivity contribution in [2.24, 2.45) is 0 Å². The minimum absolute atomic E-state index is 0.735. The molecule has 29 heavy (non-hydrogen) atoms. The number of aromatic nitrogens is 3. The van der Waals surface area contributed by atoms with E-state index in [0.29, 0.717) is 0 Å². The van der Waals surface area contributed by atoms with Crippen LogP contribution < -0.4 is 0 Å². The molecule has 150 valence electrons. The molecule has 0 saturated carbocycles. The van der Waals surface area contributed by atoms with Crippen LogP contribution in [0.2, 0.25) is 0 Å². The highest BCUT2D eigenvalue weighted by Crippen LogP contribution is 2.10. The molecule has 0 aromatic carbocycles. The molecule has 3 aromatic heterocycles. The van der Waals surface area contributed by atoms with Gasteiger partial charge in [0.1, 0.15) is 0 Å². The predicted molar refractivity (Wildman–Crippen MR) is 116 cm³/mol. The van der Waals surface area contributed by atoms with Gasteiger partial charge in [-0.1, -0.05) is 31.5 Å². The summed E-state index contributed by atoms with van der Waals surface area (Å²) in [6.45, 7) is 5.50. The fourth-order valence-corrected chi connectivity index (χ4v) is 3.02. The molecule has 0 aliphatic heterocycles. The number of unbranched alkanes of at least 4 members (excludes halogenated alkanes) is 1. The van der Waals surface area contributed by atoms with Gasteiger partial charge in [-0.3, -0.25) is 15.0 Å². The van der Waals surface area contributed by atoms with Crippen molar-refractivity contribution in [3.8, 4) is 0 Å². The van der Waals surface area contributed by atoms with Crippen LogP contribution >= 0.6 is 0 Å². The molecule has 5 nitrogen and oxygen atoms in total. The van der Waals surface area contributed by atoms with Crippen LogP contribution in [0.25, 0.3) is 0 Å². The Labute approximate surface area is 173 Å². The van der Waals surface area contributed by atoms with Crippen molar-refractivity contribution >= 4 is 0 Å². The van der Waals surface area contributed by atoms with E-state index in [2.05, 4.69) is 62.3 Å². The Morgan fingerprint density at radius 3 is 1.52 bits per heavy atom. The lowest BCUT2D eigenvalue weighted by molar-refractivity contribution is 0.318. The topological polar surface area (TPSA) is 45.2 Å². The second kappa shape index (κ2) is 11.6. The lowest BCUT2D eigenvalue weighted by atomic mass is 10.3. The Balaban J connectivity index is 1.73. The molecule has 0 unspecified atom stereocenters. The summed E-state index contributed by atoms with van der Waals surface area (Å²) in [7, 11) is 0. The van der Waals surface area contributed by atoms with Crippen LogP contribution in [0.4, 0.5) is 0 Å². The summed E-state index contributed by atoms with van der Waals surface area (Å²) in [5.41, 5.74) is 3.16. The maximum atomic E-state index is 4.49. The van der Waals surface area contributed by atoms with Crippen LogP contribution in [0.15, 0.2) is 85.6 Å². The first-order valence-electron chi connectivity index (χ1n) is 10.2. The number of pyridine rings is 3. The Bertz CT molecular complexity index is 795. The van der Waals surface area contributed by atoms with Crippen LogP contribution in [-0.2, 0) is 19.6 Å². The van der Waals surface area contributed by atoms with E-state index in [9.17, 15) is 0 Å². The summed E-state index contributed by atoms with van der Waals surface area (Å²) in [6.07, 6.45) is 12.2. The number of nitrogens with zero attached hydrogens (tertiary/aromatic N) is 5. The summed E-state index contributed by atoms with van der Waals surface area (Å²) in [5, 5.41) is 0. The zero-order valence-corrected chi connectivity index (χ0v) is 17.1. The van der Waals surface area contributed by atoms with Gasteiger partial charge in [-0.2, -0.15) is 0 Å². The number of hydrogen-bond acceptors (Lipinski definition) is 5. The second-order valence-corrected chi connectivity index (χ2v) is 6.99. The van der Waals surface area contributed by atoms with Gasteiger partial charge in [-0.05, 0) is 42.8 Å². The molecule has 3 rings (SSSR count). The van der Waals surface area contributed by atoms with Crippen LogP contribution in [0.1, 0.15) is 36.8 Å². The van der Waals surface area contributed by atoms with Crippen molar-refractivity contribution in [3.05, 3.63) is 103 Å². The van der Waals surface area contributed by atoms with E-state index in [4.69, 9.17) is 0 Å². The zero-order valence-electron chi connectivity index (χ0n) is 17.1. The molecule has 3 heterocycles. The van der Waals surface area contributed by atoms with Gasteiger partial charge in [-0.15, -0.1) is 0 Å². The van der Waals surface area contributed by atoms with Gasteiger partial charge in [0.25, 0.3) is 0 Å². The zero-order chi connectivity index (χ0) is 20.2. The average molecular weight is 388 g/mol. The van der Waals surface area contributed by atoms with Gasteiger partial charge < -0.3 is 9.80 Å². The molecule has 0 N–H and O–H groups in total. The first kappa shape index (κ1) is 20.5. The summed E-state index contributed by atoms with van der Waals surface area (Å²) < 4.78 is 0. The lowest BCUT2D eigenvalue weighted by Gasteiger charge is -2.24. The largest absolute Gasteiger partial charge is 0.370 e. The summed E-state index contributed by atoms with van der Waals surface area (Å²) in [5.74, 6) is 0. The van der Waals surface area contributed by atoms with Crippen LogP contribution in [0, 0.1) is 0 Å². The first-order valence-corrected chi connectivity index (χ1v) is 10.2. The normalized spacial score (nSPS) is 10.9. The third-order valence-electron chi connectivity index (χ3n) is 4.56. The second-order valence-electron chi connectivity index (χ2n) is 6.99. The van der Waals surface area contributed by atoms with E-state index in [0.717, 1.165) is 56.1 Å². The van der Waals surface area contributed by atoms with Gasteiger partial charge in [0.2, 0.25) is 0 Å². The Kier molecular flexibility index (Phi) is 8.20. The highest BCUT2D eigenvalue weighted by atomic mass is 15.2. The summed E-state index contributed by atoms with van der Waals surface area (Å²) in [6, 6.07) is 18.1. The predicted octanol–water partition coefficient (Wildman–Crippen LogP) is 4.65.